The van der Waals surface area contributed by atoms with Crippen LogP contribution in [0.3, 0.4) is 0 Å². The minimum Gasteiger partial charge on any atom is -0.277 e. The van der Waals surface area contributed by atoms with Gasteiger partial charge in [-0.2, -0.15) is 0 Å². The summed E-state index contributed by atoms with van der Waals surface area (Å²) >= 11 is 9.42. The molecule has 0 N–H and O–H groups in total. The van der Waals surface area contributed by atoms with E-state index in [-0.39, 0.29) is 5.91 Å². The van der Waals surface area contributed by atoms with Crippen LogP contribution in [0.5, 0.6) is 0 Å². The monoisotopic (exact) mass is 333 g/mol. The van der Waals surface area contributed by atoms with Crippen LogP contribution in [0.2, 0.25) is 5.02 Å². The Morgan fingerprint density at radius 3 is 2.42 bits per heavy atom. The largest absolute Gasteiger partial charge is 0.277 e. The molecule has 0 aliphatic carbocycles. The normalized spacial score (nSPS) is 13.9. The van der Waals surface area contributed by atoms with Gasteiger partial charge in [-0.15, -0.1) is 0 Å². The number of halogens is 2. The lowest BCUT2D eigenvalue weighted by Gasteiger charge is -2.18. The van der Waals surface area contributed by atoms with Crippen molar-refractivity contribution in [2.24, 2.45) is 0 Å². The van der Waals surface area contributed by atoms with Crippen LogP contribution < -0.4 is 4.90 Å². The zero-order chi connectivity index (χ0) is 13.6. The number of fused-ring (bicyclic) bond motifs is 1. The average Bonchev–Trinajstić information content (AvgIpc) is 2.66. The van der Waals surface area contributed by atoms with Gasteiger partial charge in [0.25, 0.3) is 5.91 Å². The molecule has 0 atom stereocenters. The van der Waals surface area contributed by atoms with Gasteiger partial charge in [0, 0.05) is 15.6 Å². The Labute approximate surface area is 124 Å². The zero-order valence-electron chi connectivity index (χ0n) is 9.86. The maximum Gasteiger partial charge on any atom is 0.263 e. The number of carbonyl (C=O) groups is 1. The Morgan fingerprint density at radius 2 is 1.79 bits per heavy atom. The van der Waals surface area contributed by atoms with Crippen LogP contribution in [0.15, 0.2) is 53.5 Å². The van der Waals surface area contributed by atoms with Crippen molar-refractivity contribution in [2.75, 3.05) is 4.90 Å². The van der Waals surface area contributed by atoms with E-state index in [4.69, 9.17) is 11.6 Å². The van der Waals surface area contributed by atoms with Crippen LogP contribution in [0.4, 0.5) is 5.69 Å². The maximum absolute atomic E-state index is 12.4. The molecule has 4 heteroatoms. The second-order valence-electron chi connectivity index (χ2n) is 4.23. The van der Waals surface area contributed by atoms with Gasteiger partial charge in [0.15, 0.2) is 0 Å². The molecule has 0 bridgehead atoms. The number of nitrogens with zero attached hydrogens (tertiary/aromatic N) is 1. The van der Waals surface area contributed by atoms with Gasteiger partial charge in [-0.25, -0.2) is 0 Å². The highest BCUT2D eigenvalue weighted by molar-refractivity contribution is 9.10. The second kappa shape index (κ2) is 4.51. The first-order valence-electron chi connectivity index (χ1n) is 5.67. The van der Waals surface area contributed by atoms with Crippen molar-refractivity contribution in [1.29, 1.82) is 0 Å². The summed E-state index contributed by atoms with van der Waals surface area (Å²) < 4.78 is 0.799. The summed E-state index contributed by atoms with van der Waals surface area (Å²) in [4.78, 5) is 14.0. The SMILES string of the molecule is C=C1c2ccccc2C(=O)N1c1ccc(Br)c(Cl)c1. The third kappa shape index (κ3) is 1.90. The highest BCUT2D eigenvalue weighted by Crippen LogP contribution is 2.37. The molecule has 1 aliphatic rings. The molecule has 2 aromatic carbocycles. The van der Waals surface area contributed by atoms with E-state index in [0.29, 0.717) is 16.3 Å². The number of benzene rings is 2. The number of amides is 1. The predicted molar refractivity (Wildman–Crippen MR) is 81.4 cm³/mol. The summed E-state index contributed by atoms with van der Waals surface area (Å²) in [5.41, 5.74) is 2.94. The summed E-state index contributed by atoms with van der Waals surface area (Å²) in [6.07, 6.45) is 0. The van der Waals surface area contributed by atoms with Gasteiger partial charge in [0.2, 0.25) is 0 Å². The Balaban J connectivity index is 2.11. The molecule has 0 unspecified atom stereocenters. The first kappa shape index (κ1) is 12.5. The summed E-state index contributed by atoms with van der Waals surface area (Å²) in [6, 6.07) is 12.9. The number of hydrogen-bond acceptors (Lipinski definition) is 1. The van der Waals surface area contributed by atoms with E-state index in [1.165, 1.54) is 0 Å². The fourth-order valence-corrected chi connectivity index (χ4v) is 2.60. The Hall–Kier alpha value is -1.58. The van der Waals surface area contributed by atoms with E-state index in [1.54, 1.807) is 11.0 Å². The smallest absolute Gasteiger partial charge is 0.263 e. The summed E-state index contributed by atoms with van der Waals surface area (Å²) in [6.45, 7) is 4.01. The fraction of sp³-hybridized carbons (Fsp3) is 0. The molecule has 1 heterocycles. The highest BCUT2D eigenvalue weighted by Gasteiger charge is 2.31. The fourth-order valence-electron chi connectivity index (χ4n) is 2.18. The summed E-state index contributed by atoms with van der Waals surface area (Å²) in [5, 5.41) is 0.564. The van der Waals surface area contributed by atoms with E-state index < -0.39 is 0 Å². The molecule has 3 rings (SSSR count). The van der Waals surface area contributed by atoms with Crippen molar-refractivity contribution in [2.45, 2.75) is 0 Å². The van der Waals surface area contributed by atoms with E-state index >= 15 is 0 Å². The van der Waals surface area contributed by atoms with Crippen molar-refractivity contribution in [1.82, 2.24) is 0 Å². The van der Waals surface area contributed by atoms with Crippen molar-refractivity contribution in [3.8, 4) is 0 Å². The minimum atomic E-state index is -0.0704. The number of anilines is 1. The van der Waals surface area contributed by atoms with Gasteiger partial charge in [0.1, 0.15) is 0 Å². The topological polar surface area (TPSA) is 20.3 Å². The average molecular weight is 335 g/mol. The molecular formula is C15H9BrClNO. The molecule has 0 aromatic heterocycles. The minimum absolute atomic E-state index is 0.0704. The summed E-state index contributed by atoms with van der Waals surface area (Å²) in [5.74, 6) is -0.0704. The number of hydrogen-bond donors (Lipinski definition) is 0. The van der Waals surface area contributed by atoms with Gasteiger partial charge < -0.3 is 0 Å². The van der Waals surface area contributed by atoms with E-state index in [2.05, 4.69) is 22.5 Å². The van der Waals surface area contributed by atoms with Crippen LogP contribution in [0.25, 0.3) is 5.70 Å². The third-order valence-corrected chi connectivity index (χ3v) is 4.34. The van der Waals surface area contributed by atoms with E-state index in [1.807, 2.05) is 36.4 Å². The third-order valence-electron chi connectivity index (χ3n) is 3.10. The molecule has 1 amide bonds. The lowest BCUT2D eigenvalue weighted by atomic mass is 10.1. The molecule has 1 aliphatic heterocycles. The molecule has 0 spiro atoms. The first-order chi connectivity index (χ1) is 9.09. The van der Waals surface area contributed by atoms with Crippen LogP contribution in [-0.2, 0) is 0 Å². The predicted octanol–water partition coefficient (Wildman–Crippen LogP) is 4.73. The quantitative estimate of drug-likeness (QED) is 0.738. The van der Waals surface area contributed by atoms with Crippen LogP contribution >= 0.6 is 27.5 Å². The maximum atomic E-state index is 12.4. The summed E-state index contributed by atoms with van der Waals surface area (Å²) in [7, 11) is 0. The first-order valence-corrected chi connectivity index (χ1v) is 6.84. The van der Waals surface area contributed by atoms with E-state index in [0.717, 1.165) is 15.7 Å². The second-order valence-corrected chi connectivity index (χ2v) is 5.49. The molecule has 0 fully saturated rings. The van der Waals surface area contributed by atoms with Gasteiger partial charge in [-0.1, -0.05) is 36.4 Å². The molecular weight excluding hydrogens is 326 g/mol. The Kier molecular flexibility index (Phi) is 2.96. The Morgan fingerprint density at radius 1 is 1.11 bits per heavy atom. The van der Waals surface area contributed by atoms with Crippen molar-refractivity contribution < 1.29 is 4.79 Å². The van der Waals surface area contributed by atoms with Gasteiger partial charge in [0.05, 0.1) is 16.4 Å². The van der Waals surface area contributed by atoms with Crippen molar-refractivity contribution in [3.05, 3.63) is 69.7 Å². The van der Waals surface area contributed by atoms with E-state index in [9.17, 15) is 4.79 Å². The Bertz CT molecular complexity index is 676. The van der Waals surface area contributed by atoms with Crippen molar-refractivity contribution >= 4 is 44.8 Å². The highest BCUT2D eigenvalue weighted by atomic mass is 79.9. The van der Waals surface area contributed by atoms with Crippen LogP contribution in [0, 0.1) is 0 Å². The lowest BCUT2D eigenvalue weighted by molar-refractivity contribution is 0.101. The van der Waals surface area contributed by atoms with Crippen LogP contribution in [0.1, 0.15) is 15.9 Å². The van der Waals surface area contributed by atoms with Gasteiger partial charge in [-0.05, 0) is 40.2 Å². The molecule has 0 saturated heterocycles. The molecule has 2 nitrogen and oxygen atoms in total. The molecule has 0 radical (unpaired) electrons. The van der Waals surface area contributed by atoms with Gasteiger partial charge >= 0.3 is 0 Å². The standard InChI is InChI=1S/C15H9BrClNO/c1-9-11-4-2-3-5-12(11)15(19)18(9)10-6-7-13(16)14(17)8-10/h2-8H,1H2. The van der Waals surface area contributed by atoms with Crippen LogP contribution in [-0.4, -0.2) is 5.91 Å². The molecule has 94 valence electrons. The zero-order valence-corrected chi connectivity index (χ0v) is 12.2. The number of carbonyl (C=O) groups excluding carboxylic acids is 1. The molecule has 19 heavy (non-hydrogen) atoms. The van der Waals surface area contributed by atoms with Crippen molar-refractivity contribution in [3.63, 3.8) is 0 Å². The van der Waals surface area contributed by atoms with Gasteiger partial charge in [-0.3, -0.25) is 9.69 Å². The number of rotatable bonds is 1. The molecule has 2 aromatic rings. The molecule has 0 saturated carbocycles. The lowest BCUT2D eigenvalue weighted by Crippen LogP contribution is -2.21.